The maximum absolute atomic E-state index is 13.5. The Balaban J connectivity index is 1.68. The molecule has 132 valence electrons. The second kappa shape index (κ2) is 7.51. The van der Waals surface area contributed by atoms with Gasteiger partial charge < -0.3 is 15.0 Å². The van der Waals surface area contributed by atoms with Gasteiger partial charge in [-0.15, -0.1) is 0 Å². The molecule has 3 rings (SSSR count). The van der Waals surface area contributed by atoms with Crippen LogP contribution in [0.25, 0.3) is 0 Å². The standard InChI is InChI=1S/C19H28FN3O/c1-3-21-18(23-10-7-15(12-23)13-24-2)22-14-19(8-9-19)16-5-4-6-17(20)11-16/h4-6,11,15H,3,7-10,12-14H2,1-2H3,(H,21,22). The lowest BCUT2D eigenvalue weighted by Crippen LogP contribution is -2.40. The van der Waals surface area contributed by atoms with Crippen molar-refractivity contribution < 1.29 is 9.13 Å². The molecular weight excluding hydrogens is 305 g/mol. The number of hydrogen-bond donors (Lipinski definition) is 1. The zero-order valence-electron chi connectivity index (χ0n) is 14.7. The number of likely N-dealkylation sites (tertiary alicyclic amines) is 1. The molecule has 0 aromatic heterocycles. The molecule has 1 saturated heterocycles. The first-order valence-electron chi connectivity index (χ1n) is 8.95. The van der Waals surface area contributed by atoms with Gasteiger partial charge in [0.1, 0.15) is 5.82 Å². The Bertz CT molecular complexity index is 586. The molecule has 1 unspecified atom stereocenters. The molecule has 0 bridgehead atoms. The van der Waals surface area contributed by atoms with E-state index in [0.717, 1.165) is 63.6 Å². The van der Waals surface area contributed by atoms with Gasteiger partial charge in [-0.25, -0.2) is 4.39 Å². The Morgan fingerprint density at radius 2 is 2.29 bits per heavy atom. The highest BCUT2D eigenvalue weighted by atomic mass is 19.1. The zero-order valence-corrected chi connectivity index (χ0v) is 14.7. The van der Waals surface area contributed by atoms with Gasteiger partial charge in [-0.2, -0.15) is 0 Å². The summed E-state index contributed by atoms with van der Waals surface area (Å²) in [5.74, 6) is 1.41. The van der Waals surface area contributed by atoms with Crippen molar-refractivity contribution in [3.8, 4) is 0 Å². The van der Waals surface area contributed by atoms with E-state index < -0.39 is 0 Å². The highest BCUT2D eigenvalue weighted by Crippen LogP contribution is 2.48. The van der Waals surface area contributed by atoms with E-state index in [9.17, 15) is 4.39 Å². The van der Waals surface area contributed by atoms with Crippen molar-refractivity contribution in [2.24, 2.45) is 10.9 Å². The van der Waals surface area contributed by atoms with Crippen LogP contribution in [0.5, 0.6) is 0 Å². The van der Waals surface area contributed by atoms with Crippen LogP contribution in [0.1, 0.15) is 31.7 Å². The average Bonchev–Trinajstić information content (AvgIpc) is 3.23. The first-order valence-corrected chi connectivity index (χ1v) is 8.95. The van der Waals surface area contributed by atoms with E-state index in [1.165, 1.54) is 6.07 Å². The monoisotopic (exact) mass is 333 g/mol. The van der Waals surface area contributed by atoms with Crippen molar-refractivity contribution in [1.29, 1.82) is 0 Å². The first-order chi connectivity index (χ1) is 11.7. The van der Waals surface area contributed by atoms with Crippen LogP contribution in [0.2, 0.25) is 0 Å². The van der Waals surface area contributed by atoms with Crippen molar-refractivity contribution in [1.82, 2.24) is 10.2 Å². The van der Waals surface area contributed by atoms with E-state index in [1.54, 1.807) is 19.2 Å². The van der Waals surface area contributed by atoms with Crippen molar-refractivity contribution in [3.63, 3.8) is 0 Å². The van der Waals surface area contributed by atoms with Gasteiger partial charge in [-0.05, 0) is 43.9 Å². The number of hydrogen-bond acceptors (Lipinski definition) is 2. The molecule has 1 heterocycles. The maximum Gasteiger partial charge on any atom is 0.193 e. The average molecular weight is 333 g/mol. The van der Waals surface area contributed by atoms with E-state index in [-0.39, 0.29) is 11.2 Å². The Kier molecular flexibility index (Phi) is 5.39. The molecule has 24 heavy (non-hydrogen) atoms. The molecule has 4 nitrogen and oxygen atoms in total. The quantitative estimate of drug-likeness (QED) is 0.642. The largest absolute Gasteiger partial charge is 0.384 e. The number of rotatable bonds is 6. The summed E-state index contributed by atoms with van der Waals surface area (Å²) in [5.41, 5.74) is 1.12. The number of nitrogens with zero attached hydrogens (tertiary/aromatic N) is 2. The molecule has 1 N–H and O–H groups in total. The molecule has 1 aliphatic heterocycles. The minimum absolute atomic E-state index is 0.0361. The number of benzene rings is 1. The second-order valence-corrected chi connectivity index (χ2v) is 7.02. The molecule has 1 saturated carbocycles. The summed E-state index contributed by atoms with van der Waals surface area (Å²) >= 11 is 0. The fraction of sp³-hybridized carbons (Fsp3) is 0.632. The molecule has 2 aliphatic rings. The minimum Gasteiger partial charge on any atom is -0.384 e. The minimum atomic E-state index is -0.156. The molecular formula is C19H28FN3O. The lowest BCUT2D eigenvalue weighted by molar-refractivity contribution is 0.157. The van der Waals surface area contributed by atoms with Gasteiger partial charge >= 0.3 is 0 Å². The van der Waals surface area contributed by atoms with E-state index in [1.807, 2.05) is 6.07 Å². The Labute approximate surface area is 144 Å². The van der Waals surface area contributed by atoms with E-state index >= 15 is 0 Å². The van der Waals surface area contributed by atoms with Gasteiger partial charge in [-0.1, -0.05) is 12.1 Å². The third-order valence-corrected chi connectivity index (χ3v) is 5.14. The third-order valence-electron chi connectivity index (χ3n) is 5.14. The molecule has 5 heteroatoms. The number of halogens is 1. The highest BCUT2D eigenvalue weighted by molar-refractivity contribution is 5.80. The lowest BCUT2D eigenvalue weighted by atomic mass is 9.96. The zero-order chi connectivity index (χ0) is 17.0. The molecule has 1 aromatic rings. The molecule has 1 atom stereocenters. The fourth-order valence-corrected chi connectivity index (χ4v) is 3.56. The number of methoxy groups -OCH3 is 1. The molecule has 2 fully saturated rings. The number of guanidine groups is 1. The van der Waals surface area contributed by atoms with Crippen molar-refractivity contribution in [2.45, 2.75) is 31.6 Å². The molecule has 0 radical (unpaired) electrons. The van der Waals surface area contributed by atoms with Crippen LogP contribution in [-0.4, -0.2) is 50.8 Å². The Morgan fingerprint density at radius 1 is 1.46 bits per heavy atom. The topological polar surface area (TPSA) is 36.9 Å². The molecule has 1 aromatic carbocycles. The second-order valence-electron chi connectivity index (χ2n) is 7.02. The summed E-state index contributed by atoms with van der Waals surface area (Å²) in [6, 6.07) is 7.01. The Morgan fingerprint density at radius 3 is 2.96 bits per heavy atom. The van der Waals surface area contributed by atoms with Crippen molar-refractivity contribution >= 4 is 5.96 Å². The highest BCUT2D eigenvalue weighted by Gasteiger charge is 2.44. The van der Waals surface area contributed by atoms with Gasteiger partial charge in [0.2, 0.25) is 0 Å². The van der Waals surface area contributed by atoms with Gasteiger partial charge in [0.25, 0.3) is 0 Å². The Hall–Kier alpha value is -1.62. The molecule has 0 amide bonds. The smallest absolute Gasteiger partial charge is 0.193 e. The fourth-order valence-electron chi connectivity index (χ4n) is 3.56. The predicted molar refractivity (Wildman–Crippen MR) is 94.8 cm³/mol. The van der Waals surface area contributed by atoms with Gasteiger partial charge in [0.15, 0.2) is 5.96 Å². The van der Waals surface area contributed by atoms with Gasteiger partial charge in [-0.3, -0.25) is 4.99 Å². The third kappa shape index (κ3) is 3.89. The van der Waals surface area contributed by atoms with Crippen molar-refractivity contribution in [3.05, 3.63) is 35.6 Å². The van der Waals surface area contributed by atoms with E-state index in [2.05, 4.69) is 17.1 Å². The molecule has 0 spiro atoms. The summed E-state index contributed by atoms with van der Waals surface area (Å²) in [4.78, 5) is 7.23. The van der Waals surface area contributed by atoms with Gasteiger partial charge in [0.05, 0.1) is 13.2 Å². The van der Waals surface area contributed by atoms with E-state index in [4.69, 9.17) is 9.73 Å². The SMILES string of the molecule is CCNC(=NCC1(c2cccc(F)c2)CC1)N1CCC(COC)C1. The summed E-state index contributed by atoms with van der Waals surface area (Å²) in [6.07, 6.45) is 3.32. The molecule has 1 aliphatic carbocycles. The summed E-state index contributed by atoms with van der Waals surface area (Å²) < 4.78 is 18.8. The maximum atomic E-state index is 13.5. The number of nitrogens with one attached hydrogen (secondary N) is 1. The van der Waals surface area contributed by atoms with Crippen LogP contribution < -0.4 is 5.32 Å². The van der Waals surface area contributed by atoms with Crippen LogP contribution in [-0.2, 0) is 10.2 Å². The number of aliphatic imine (C=N–C) groups is 1. The van der Waals surface area contributed by atoms with Crippen LogP contribution >= 0.6 is 0 Å². The summed E-state index contributed by atoms with van der Waals surface area (Å²) in [5, 5.41) is 3.41. The van der Waals surface area contributed by atoms with Crippen LogP contribution in [0.4, 0.5) is 4.39 Å². The number of ether oxygens (including phenoxy) is 1. The van der Waals surface area contributed by atoms with Crippen molar-refractivity contribution in [2.75, 3.05) is 39.9 Å². The van der Waals surface area contributed by atoms with E-state index in [0.29, 0.717) is 5.92 Å². The van der Waals surface area contributed by atoms with Crippen LogP contribution in [0, 0.1) is 11.7 Å². The summed E-state index contributed by atoms with van der Waals surface area (Å²) in [7, 11) is 1.76. The van der Waals surface area contributed by atoms with Crippen LogP contribution in [0.15, 0.2) is 29.3 Å². The first kappa shape index (κ1) is 17.2. The lowest BCUT2D eigenvalue weighted by Gasteiger charge is -2.23. The summed E-state index contributed by atoms with van der Waals surface area (Å²) in [6.45, 7) is 6.50. The van der Waals surface area contributed by atoms with Crippen LogP contribution in [0.3, 0.4) is 0 Å². The normalized spacial score (nSPS) is 22.7. The van der Waals surface area contributed by atoms with Gasteiger partial charge in [0, 0.05) is 38.1 Å². The predicted octanol–water partition coefficient (Wildman–Crippen LogP) is 2.79.